The van der Waals surface area contributed by atoms with Crippen LogP contribution in [0.15, 0.2) is 24.3 Å². The standard InChI is InChI=1S/C16H17F3N2O3/c1-24-15(23)13(8-3-2-4-9-20)21-14(22)11-6-5-7-12(10-11)16(17,18)19/h5-7,10,13H,2-4,8H2,1H3,(H,21,22)/t13-/m1/s1. The van der Waals surface area contributed by atoms with E-state index in [4.69, 9.17) is 5.26 Å². The maximum absolute atomic E-state index is 12.7. The maximum Gasteiger partial charge on any atom is 0.416 e. The number of amides is 1. The van der Waals surface area contributed by atoms with Crippen LogP contribution in [0.4, 0.5) is 13.2 Å². The molecular formula is C16H17F3N2O3. The minimum atomic E-state index is -4.56. The predicted molar refractivity (Wildman–Crippen MR) is 78.8 cm³/mol. The first kappa shape index (κ1) is 19.5. The summed E-state index contributed by atoms with van der Waals surface area (Å²) in [6, 6.07) is 4.92. The summed E-state index contributed by atoms with van der Waals surface area (Å²) in [5, 5.41) is 10.8. The highest BCUT2D eigenvalue weighted by Gasteiger charge is 2.31. The molecule has 1 N–H and O–H groups in total. The van der Waals surface area contributed by atoms with Crippen LogP contribution in [0, 0.1) is 11.3 Å². The molecule has 0 radical (unpaired) electrons. The Kier molecular flexibility index (Phi) is 7.24. The molecule has 0 aliphatic rings. The first-order chi connectivity index (χ1) is 11.3. The van der Waals surface area contributed by atoms with Gasteiger partial charge in [-0.2, -0.15) is 18.4 Å². The summed E-state index contributed by atoms with van der Waals surface area (Å²) in [5.41, 5.74) is -1.14. The van der Waals surface area contributed by atoms with Gasteiger partial charge in [0.25, 0.3) is 5.91 Å². The average Bonchev–Trinajstić information content (AvgIpc) is 2.56. The van der Waals surface area contributed by atoms with Crippen LogP contribution in [0.25, 0.3) is 0 Å². The predicted octanol–water partition coefficient (Wildman–Crippen LogP) is 3.06. The molecule has 8 heteroatoms. The second kappa shape index (κ2) is 8.91. The van der Waals surface area contributed by atoms with E-state index in [1.807, 2.05) is 6.07 Å². The lowest BCUT2D eigenvalue weighted by Gasteiger charge is -2.16. The highest BCUT2D eigenvalue weighted by atomic mass is 19.4. The van der Waals surface area contributed by atoms with Crippen LogP contribution >= 0.6 is 0 Å². The normalized spacial score (nSPS) is 12.1. The van der Waals surface area contributed by atoms with Crippen molar-refractivity contribution in [3.8, 4) is 6.07 Å². The molecule has 0 saturated heterocycles. The van der Waals surface area contributed by atoms with Gasteiger partial charge in [-0.15, -0.1) is 0 Å². The lowest BCUT2D eigenvalue weighted by molar-refractivity contribution is -0.143. The second-order valence-corrected chi connectivity index (χ2v) is 5.03. The van der Waals surface area contributed by atoms with Crippen molar-refractivity contribution >= 4 is 11.9 Å². The van der Waals surface area contributed by atoms with E-state index in [1.165, 1.54) is 6.07 Å². The molecule has 1 amide bonds. The third-order valence-electron chi connectivity index (χ3n) is 3.27. The van der Waals surface area contributed by atoms with Gasteiger partial charge < -0.3 is 10.1 Å². The molecule has 0 spiro atoms. The van der Waals surface area contributed by atoms with Crippen molar-refractivity contribution in [2.75, 3.05) is 7.11 Å². The summed E-state index contributed by atoms with van der Waals surface area (Å²) in [6.45, 7) is 0. The van der Waals surface area contributed by atoms with Crippen molar-refractivity contribution in [3.63, 3.8) is 0 Å². The van der Waals surface area contributed by atoms with Crippen LogP contribution in [-0.4, -0.2) is 25.0 Å². The van der Waals surface area contributed by atoms with Crippen LogP contribution in [0.2, 0.25) is 0 Å². The van der Waals surface area contributed by atoms with Crippen LogP contribution < -0.4 is 5.32 Å². The van der Waals surface area contributed by atoms with E-state index in [0.29, 0.717) is 19.3 Å². The SMILES string of the molecule is COC(=O)[C@@H](CCCCC#N)NC(=O)c1cccc(C(F)(F)F)c1. The molecule has 130 valence electrons. The molecule has 0 saturated carbocycles. The van der Waals surface area contributed by atoms with E-state index in [0.717, 1.165) is 25.3 Å². The summed E-state index contributed by atoms with van der Waals surface area (Å²) in [6.07, 6.45) is -2.97. The number of unbranched alkanes of at least 4 members (excludes halogenated alkanes) is 2. The summed E-state index contributed by atoms with van der Waals surface area (Å²) in [5.74, 6) is -1.48. The Bertz CT molecular complexity index is 624. The van der Waals surface area contributed by atoms with Crippen LogP contribution in [0.5, 0.6) is 0 Å². The van der Waals surface area contributed by atoms with Gasteiger partial charge in [-0.1, -0.05) is 6.07 Å². The molecule has 24 heavy (non-hydrogen) atoms. The molecule has 0 aromatic heterocycles. The third kappa shape index (κ3) is 5.91. The zero-order chi connectivity index (χ0) is 18.2. The zero-order valence-corrected chi connectivity index (χ0v) is 13.0. The summed E-state index contributed by atoms with van der Waals surface area (Å²) in [4.78, 5) is 23.8. The number of nitriles is 1. The average molecular weight is 342 g/mol. The van der Waals surface area contributed by atoms with Gasteiger partial charge in [0.1, 0.15) is 6.04 Å². The largest absolute Gasteiger partial charge is 0.467 e. The Hall–Kier alpha value is -2.56. The number of methoxy groups -OCH3 is 1. The van der Waals surface area contributed by atoms with E-state index in [2.05, 4.69) is 10.1 Å². The molecule has 5 nitrogen and oxygen atoms in total. The minimum absolute atomic E-state index is 0.198. The van der Waals surface area contributed by atoms with Crippen LogP contribution in [-0.2, 0) is 15.7 Å². The Morgan fingerprint density at radius 1 is 1.33 bits per heavy atom. The first-order valence-corrected chi connectivity index (χ1v) is 7.22. The van der Waals surface area contributed by atoms with Crippen molar-refractivity contribution < 1.29 is 27.5 Å². The zero-order valence-electron chi connectivity index (χ0n) is 13.0. The van der Waals surface area contributed by atoms with E-state index in [-0.39, 0.29) is 12.0 Å². The van der Waals surface area contributed by atoms with Gasteiger partial charge >= 0.3 is 12.1 Å². The van der Waals surface area contributed by atoms with E-state index >= 15 is 0 Å². The fraction of sp³-hybridized carbons (Fsp3) is 0.438. The van der Waals surface area contributed by atoms with E-state index in [1.54, 1.807) is 0 Å². The molecular weight excluding hydrogens is 325 g/mol. The molecule has 1 rings (SSSR count). The van der Waals surface area contributed by atoms with Gasteiger partial charge in [0.15, 0.2) is 0 Å². The lowest BCUT2D eigenvalue weighted by Crippen LogP contribution is -2.41. The monoisotopic (exact) mass is 342 g/mol. The van der Waals surface area contributed by atoms with Crippen LogP contribution in [0.1, 0.15) is 41.6 Å². The Morgan fingerprint density at radius 3 is 2.62 bits per heavy atom. The van der Waals surface area contributed by atoms with Gasteiger partial charge in [0, 0.05) is 12.0 Å². The van der Waals surface area contributed by atoms with Crippen molar-refractivity contribution in [1.82, 2.24) is 5.32 Å². The molecule has 0 bridgehead atoms. The number of benzene rings is 1. The van der Waals surface area contributed by atoms with Gasteiger partial charge in [-0.05, 0) is 37.5 Å². The Morgan fingerprint density at radius 2 is 2.04 bits per heavy atom. The van der Waals surface area contributed by atoms with Crippen molar-refractivity contribution in [2.45, 2.75) is 37.9 Å². The molecule has 0 aliphatic heterocycles. The molecule has 0 heterocycles. The topological polar surface area (TPSA) is 79.2 Å². The number of ether oxygens (including phenoxy) is 1. The number of esters is 1. The second-order valence-electron chi connectivity index (χ2n) is 5.03. The molecule has 1 aromatic carbocycles. The van der Waals surface area contributed by atoms with Gasteiger partial charge in [0.2, 0.25) is 0 Å². The number of rotatable bonds is 7. The number of carbonyl (C=O) groups excluding carboxylic acids is 2. The summed E-state index contributed by atoms with van der Waals surface area (Å²) in [7, 11) is 1.15. The quantitative estimate of drug-likeness (QED) is 0.610. The summed E-state index contributed by atoms with van der Waals surface area (Å²) < 4.78 is 42.6. The van der Waals surface area contributed by atoms with Gasteiger partial charge in [0.05, 0.1) is 18.7 Å². The Labute approximate surface area is 137 Å². The number of carbonyl (C=O) groups is 2. The number of halogens is 3. The molecule has 0 fully saturated rings. The van der Waals surface area contributed by atoms with Crippen LogP contribution in [0.3, 0.4) is 0 Å². The number of alkyl halides is 3. The smallest absolute Gasteiger partial charge is 0.416 e. The van der Waals surface area contributed by atoms with Crippen molar-refractivity contribution in [1.29, 1.82) is 5.26 Å². The third-order valence-corrected chi connectivity index (χ3v) is 3.27. The van der Waals surface area contributed by atoms with Gasteiger partial charge in [-0.25, -0.2) is 4.79 Å². The number of nitrogens with zero attached hydrogens (tertiary/aromatic N) is 1. The molecule has 1 aromatic rings. The highest BCUT2D eigenvalue weighted by Crippen LogP contribution is 2.29. The first-order valence-electron chi connectivity index (χ1n) is 7.22. The number of hydrogen-bond donors (Lipinski definition) is 1. The molecule has 0 unspecified atom stereocenters. The van der Waals surface area contributed by atoms with E-state index in [9.17, 15) is 22.8 Å². The highest BCUT2D eigenvalue weighted by molar-refractivity contribution is 5.96. The van der Waals surface area contributed by atoms with Crippen molar-refractivity contribution in [2.24, 2.45) is 0 Å². The number of nitrogens with one attached hydrogen (secondary N) is 1. The minimum Gasteiger partial charge on any atom is -0.467 e. The van der Waals surface area contributed by atoms with E-state index < -0.39 is 29.7 Å². The van der Waals surface area contributed by atoms with Crippen molar-refractivity contribution in [3.05, 3.63) is 35.4 Å². The molecule has 1 atom stereocenters. The van der Waals surface area contributed by atoms with Gasteiger partial charge in [-0.3, -0.25) is 4.79 Å². The lowest BCUT2D eigenvalue weighted by atomic mass is 10.1. The Balaban J connectivity index is 2.81. The summed E-state index contributed by atoms with van der Waals surface area (Å²) >= 11 is 0. The fourth-order valence-corrected chi connectivity index (χ4v) is 2.02. The fourth-order valence-electron chi connectivity index (χ4n) is 2.02. The number of hydrogen-bond acceptors (Lipinski definition) is 4. The maximum atomic E-state index is 12.7. The molecule has 0 aliphatic carbocycles.